The third-order valence-electron chi connectivity index (χ3n) is 24.5. The summed E-state index contributed by atoms with van der Waals surface area (Å²) in [7, 11) is 0. The average Bonchev–Trinajstić information content (AvgIpc) is 1.63. The summed E-state index contributed by atoms with van der Waals surface area (Å²) in [6.07, 6.45) is 0. The molecule has 0 amide bonds. The standard InChI is InChI=1S/C60H39NO2.C58H37NO2/c1-2-10-40(11-3-1)41-20-22-42(23-21-41)43-24-26-44(27-25-43)45-28-34-48(35-29-45)61(49-36-30-46(31-37-49)51-14-8-16-55-53-12-4-6-18-57(53)62-59(51)55)50-38-32-47(33-39-50)52-15-9-17-56-54-13-5-7-19-58(54)63-60(52)56;1-2-10-44-37-45(24-23-38(44)9-1)41-21-19-39(20-22-41)40-25-31-46(32-26-40)59(47-33-27-42(28-34-47)49-13-7-15-53-51-11-3-5-17-55(51)60-57(49)53)48-35-29-43(30-36-48)50-14-8-16-54-52-12-4-6-18-56(52)61-58(50)54/h1-39H;1-37H. The smallest absolute Gasteiger partial charge is 0.143 e. The van der Waals surface area contributed by atoms with Gasteiger partial charge < -0.3 is 27.5 Å². The van der Waals surface area contributed by atoms with Crippen molar-refractivity contribution in [3.8, 4) is 100 Å². The van der Waals surface area contributed by atoms with Crippen LogP contribution in [0.3, 0.4) is 0 Å². The van der Waals surface area contributed by atoms with E-state index in [0.29, 0.717) is 0 Å². The van der Waals surface area contributed by atoms with Crippen LogP contribution in [-0.4, -0.2) is 0 Å². The Balaban J connectivity index is 0.000000143. The molecule has 24 rings (SSSR count). The number of para-hydroxylation sites is 8. The normalized spacial score (nSPS) is 11.5. The molecule has 24 aromatic rings. The second kappa shape index (κ2) is 31.0. The number of rotatable bonds is 15. The summed E-state index contributed by atoms with van der Waals surface area (Å²) in [5, 5.41) is 11.5. The maximum atomic E-state index is 6.42. The predicted molar refractivity (Wildman–Crippen MR) is 518 cm³/mol. The van der Waals surface area contributed by atoms with E-state index in [1.54, 1.807) is 0 Å². The van der Waals surface area contributed by atoms with Crippen molar-refractivity contribution in [1.29, 1.82) is 0 Å². The van der Waals surface area contributed by atoms with E-state index in [9.17, 15) is 0 Å². The third-order valence-corrected chi connectivity index (χ3v) is 24.5. The van der Waals surface area contributed by atoms with E-state index in [1.807, 2.05) is 48.5 Å². The molecule has 0 aliphatic rings. The molecule has 0 N–H and O–H groups in total. The predicted octanol–water partition coefficient (Wildman–Crippen LogP) is 34.1. The van der Waals surface area contributed by atoms with Gasteiger partial charge in [0.25, 0.3) is 0 Å². The molecule has 0 fully saturated rings. The molecule has 0 bridgehead atoms. The highest BCUT2D eigenvalue weighted by Gasteiger charge is 2.22. The number of hydrogen-bond donors (Lipinski definition) is 0. The van der Waals surface area contributed by atoms with Gasteiger partial charge in [0.1, 0.15) is 44.7 Å². The fourth-order valence-electron chi connectivity index (χ4n) is 18.1. The van der Waals surface area contributed by atoms with Crippen LogP contribution in [-0.2, 0) is 0 Å². The first-order valence-corrected chi connectivity index (χ1v) is 42.1. The largest absolute Gasteiger partial charge is 0.455 e. The summed E-state index contributed by atoms with van der Waals surface area (Å²) in [6.45, 7) is 0. The Bertz CT molecular complexity index is 7770. The van der Waals surface area contributed by atoms with Crippen molar-refractivity contribution < 1.29 is 17.7 Å². The van der Waals surface area contributed by atoms with Crippen LogP contribution in [0.15, 0.2) is 479 Å². The highest BCUT2D eigenvalue weighted by molar-refractivity contribution is 6.13. The van der Waals surface area contributed by atoms with Gasteiger partial charge in [-0.25, -0.2) is 0 Å². The summed E-state index contributed by atoms with van der Waals surface area (Å²) in [5.41, 5.74) is 34.2. The Morgan fingerprint density at radius 1 is 0.129 bits per heavy atom. The van der Waals surface area contributed by atoms with Crippen molar-refractivity contribution in [1.82, 2.24) is 0 Å². The molecular weight excluding hydrogens is 1510 g/mol. The van der Waals surface area contributed by atoms with Crippen molar-refractivity contribution >= 4 is 133 Å². The Labute approximate surface area is 716 Å². The molecule has 0 atom stereocenters. The van der Waals surface area contributed by atoms with Crippen LogP contribution >= 0.6 is 0 Å². The molecule has 0 spiro atoms. The van der Waals surface area contributed by atoms with Crippen molar-refractivity contribution in [3.63, 3.8) is 0 Å². The minimum Gasteiger partial charge on any atom is -0.455 e. The van der Waals surface area contributed by atoms with Crippen LogP contribution in [0.2, 0.25) is 0 Å². The van der Waals surface area contributed by atoms with E-state index in [-0.39, 0.29) is 0 Å². The maximum absolute atomic E-state index is 6.42. The Morgan fingerprint density at radius 3 is 0.613 bits per heavy atom. The molecule has 0 saturated heterocycles. The summed E-state index contributed by atoms with van der Waals surface area (Å²) in [5.74, 6) is 0. The fraction of sp³-hybridized carbons (Fsp3) is 0. The minimum atomic E-state index is 0.899. The van der Waals surface area contributed by atoms with Crippen molar-refractivity contribution in [3.05, 3.63) is 461 Å². The van der Waals surface area contributed by atoms with Gasteiger partial charge in [-0.2, -0.15) is 0 Å². The molecule has 6 nitrogen and oxygen atoms in total. The average molecular weight is 1590 g/mol. The van der Waals surface area contributed by atoms with E-state index < -0.39 is 0 Å². The molecule has 0 saturated carbocycles. The number of nitrogens with zero attached hydrogens (tertiary/aromatic N) is 2. The van der Waals surface area contributed by atoms with Gasteiger partial charge in [-0.1, -0.05) is 358 Å². The summed E-state index contributed by atoms with van der Waals surface area (Å²) in [6, 6.07) is 164. The minimum absolute atomic E-state index is 0.899. The first-order chi connectivity index (χ1) is 61.4. The zero-order valence-corrected chi connectivity index (χ0v) is 67.4. The van der Waals surface area contributed by atoms with Gasteiger partial charge in [-0.15, -0.1) is 0 Å². The fourth-order valence-corrected chi connectivity index (χ4v) is 18.1. The lowest BCUT2D eigenvalue weighted by Gasteiger charge is -2.26. The lowest BCUT2D eigenvalue weighted by atomic mass is 9.98. The van der Waals surface area contributed by atoms with Crippen molar-refractivity contribution in [2.45, 2.75) is 0 Å². The van der Waals surface area contributed by atoms with Crippen LogP contribution in [0.1, 0.15) is 0 Å². The van der Waals surface area contributed by atoms with Gasteiger partial charge in [0, 0.05) is 99.5 Å². The first kappa shape index (κ1) is 72.7. The zero-order valence-electron chi connectivity index (χ0n) is 67.4. The van der Waals surface area contributed by atoms with E-state index in [4.69, 9.17) is 17.7 Å². The number of hydrogen-bond acceptors (Lipinski definition) is 6. The van der Waals surface area contributed by atoms with Gasteiger partial charge in [0.2, 0.25) is 0 Å². The van der Waals surface area contributed by atoms with E-state index in [1.165, 1.54) is 55.3 Å². The second-order valence-corrected chi connectivity index (χ2v) is 31.7. The molecule has 124 heavy (non-hydrogen) atoms. The number of anilines is 6. The second-order valence-electron chi connectivity index (χ2n) is 31.7. The van der Waals surface area contributed by atoms with E-state index >= 15 is 0 Å². The van der Waals surface area contributed by atoms with Crippen LogP contribution in [0.4, 0.5) is 34.1 Å². The van der Waals surface area contributed by atoms with Gasteiger partial charge in [0.05, 0.1) is 0 Å². The topological polar surface area (TPSA) is 59.0 Å². The molecule has 6 heteroatoms. The summed E-state index contributed by atoms with van der Waals surface area (Å²) >= 11 is 0. The quantitative estimate of drug-likeness (QED) is 0.102. The van der Waals surface area contributed by atoms with Gasteiger partial charge in [-0.05, 0) is 192 Å². The molecule has 0 unspecified atom stereocenters. The highest BCUT2D eigenvalue weighted by atomic mass is 16.3. The van der Waals surface area contributed by atoms with Gasteiger partial charge >= 0.3 is 0 Å². The molecule has 4 heterocycles. The maximum Gasteiger partial charge on any atom is 0.143 e. The molecule has 0 aliphatic heterocycles. The lowest BCUT2D eigenvalue weighted by Crippen LogP contribution is -2.09. The Hall–Kier alpha value is -16.5. The Kier molecular flexibility index (Phi) is 18.2. The number of benzene rings is 20. The number of fused-ring (bicyclic) bond motifs is 13. The molecule has 20 aromatic carbocycles. The third kappa shape index (κ3) is 13.4. The van der Waals surface area contributed by atoms with Crippen molar-refractivity contribution in [2.75, 3.05) is 9.80 Å². The van der Waals surface area contributed by atoms with Gasteiger partial charge in [-0.3, -0.25) is 0 Å². The van der Waals surface area contributed by atoms with E-state index in [2.05, 4.69) is 422 Å². The van der Waals surface area contributed by atoms with Gasteiger partial charge in [0.15, 0.2) is 0 Å². The molecule has 582 valence electrons. The summed E-state index contributed by atoms with van der Waals surface area (Å²) in [4.78, 5) is 4.65. The molecular formula is C118H76N2O4. The Morgan fingerprint density at radius 2 is 0.331 bits per heavy atom. The molecule has 4 aromatic heterocycles. The van der Waals surface area contributed by atoms with Crippen LogP contribution in [0.5, 0.6) is 0 Å². The molecule has 0 radical (unpaired) electrons. The summed E-state index contributed by atoms with van der Waals surface area (Å²) < 4.78 is 25.7. The van der Waals surface area contributed by atoms with Crippen molar-refractivity contribution in [2.24, 2.45) is 0 Å². The van der Waals surface area contributed by atoms with Crippen LogP contribution < -0.4 is 9.80 Å². The first-order valence-electron chi connectivity index (χ1n) is 42.1. The molecule has 0 aliphatic carbocycles. The lowest BCUT2D eigenvalue weighted by molar-refractivity contribution is 0.669. The van der Waals surface area contributed by atoms with E-state index in [0.717, 1.165) is 178 Å². The SMILES string of the molecule is c1ccc(-c2ccc(-c3ccc(-c4ccc(N(c5ccc(-c6cccc7c6oc6ccccc67)cc5)c5ccc(-c6cccc7c6oc6ccccc67)cc5)cc4)cc3)cc2)cc1.c1ccc2cc(-c3ccc(-c4ccc(N(c5ccc(-c6cccc7c6oc6ccccc67)cc5)c5ccc(-c6cccc7c6oc6ccccc67)cc5)cc4)cc3)ccc2c1. The zero-order chi connectivity index (χ0) is 82.0. The van der Waals surface area contributed by atoms with Crippen LogP contribution in [0.25, 0.3) is 199 Å². The monoisotopic (exact) mass is 1580 g/mol. The van der Waals surface area contributed by atoms with Crippen LogP contribution in [0, 0.1) is 0 Å². The number of furan rings is 4. The highest BCUT2D eigenvalue weighted by Crippen LogP contribution is 2.46.